The van der Waals surface area contributed by atoms with Crippen molar-refractivity contribution < 1.29 is 0 Å². The van der Waals surface area contributed by atoms with E-state index in [0.29, 0.717) is 5.92 Å². The van der Waals surface area contributed by atoms with Gasteiger partial charge in [-0.1, -0.05) is 60.8 Å². The first-order chi connectivity index (χ1) is 13.0. The topological polar surface area (TPSA) is 61.4 Å². The number of H-pyrrole nitrogens is 1. The number of aliphatic imine (C=N–C) groups is 1. The van der Waals surface area contributed by atoms with Gasteiger partial charge in [-0.3, -0.25) is 14.8 Å². The predicted molar refractivity (Wildman–Crippen MR) is 118 cm³/mol. The van der Waals surface area contributed by atoms with E-state index in [2.05, 4.69) is 51.4 Å². The first-order valence-electron chi connectivity index (χ1n) is 10.9. The standard InChI is InChI=1S/C23H38N4O/c1-15-17-18(19(24-15)23(5,6)7)25-21(26-20(17)28)27(14-22(2,3)4)13-16-11-9-8-10-12-16/h15-16H,8-14H2,1-7H3,(H,25,26,28). The van der Waals surface area contributed by atoms with Gasteiger partial charge in [0, 0.05) is 18.5 Å². The number of hydrogen-bond acceptors (Lipinski definition) is 4. The predicted octanol–water partition coefficient (Wildman–Crippen LogP) is 5.11. The van der Waals surface area contributed by atoms with Gasteiger partial charge in [0.2, 0.25) is 5.95 Å². The Balaban J connectivity index is 2.00. The minimum Gasteiger partial charge on any atom is -0.342 e. The molecular weight excluding hydrogens is 348 g/mol. The Kier molecular flexibility index (Phi) is 5.75. The van der Waals surface area contributed by atoms with Crippen LogP contribution in [0.15, 0.2) is 9.79 Å². The smallest absolute Gasteiger partial charge is 0.258 e. The van der Waals surface area contributed by atoms with Gasteiger partial charge in [-0.25, -0.2) is 4.98 Å². The normalized spacial score (nSPS) is 20.8. The lowest BCUT2D eigenvalue weighted by Crippen LogP contribution is -2.39. The second kappa shape index (κ2) is 7.64. The number of fused-ring (bicyclic) bond motifs is 1. The fourth-order valence-corrected chi connectivity index (χ4v) is 4.54. The van der Waals surface area contributed by atoms with Gasteiger partial charge in [-0.15, -0.1) is 0 Å². The highest BCUT2D eigenvalue weighted by Crippen LogP contribution is 2.34. The summed E-state index contributed by atoms with van der Waals surface area (Å²) in [5.41, 5.74) is 2.45. The molecule has 3 rings (SSSR count). The molecule has 1 aliphatic heterocycles. The molecule has 0 saturated heterocycles. The summed E-state index contributed by atoms with van der Waals surface area (Å²) in [7, 11) is 0. The fourth-order valence-electron chi connectivity index (χ4n) is 4.54. The molecule has 2 aliphatic rings. The third kappa shape index (κ3) is 4.66. The molecule has 28 heavy (non-hydrogen) atoms. The van der Waals surface area contributed by atoms with Crippen molar-refractivity contribution in [1.82, 2.24) is 9.97 Å². The lowest BCUT2D eigenvalue weighted by molar-refractivity contribution is 0.334. The largest absolute Gasteiger partial charge is 0.342 e. The van der Waals surface area contributed by atoms with Gasteiger partial charge < -0.3 is 4.90 Å². The van der Waals surface area contributed by atoms with Crippen molar-refractivity contribution in [3.05, 3.63) is 21.6 Å². The van der Waals surface area contributed by atoms with Gasteiger partial charge >= 0.3 is 0 Å². The summed E-state index contributed by atoms with van der Waals surface area (Å²) in [5.74, 6) is 1.40. The van der Waals surface area contributed by atoms with Crippen LogP contribution in [0.2, 0.25) is 0 Å². The zero-order valence-corrected chi connectivity index (χ0v) is 18.9. The van der Waals surface area contributed by atoms with Crippen LogP contribution in [0.4, 0.5) is 5.95 Å². The molecule has 1 unspecified atom stereocenters. The van der Waals surface area contributed by atoms with E-state index in [1.54, 1.807) is 0 Å². The summed E-state index contributed by atoms with van der Waals surface area (Å²) >= 11 is 0. The number of rotatable bonds is 4. The molecule has 1 atom stereocenters. The van der Waals surface area contributed by atoms with E-state index in [4.69, 9.17) is 9.98 Å². The van der Waals surface area contributed by atoms with Crippen LogP contribution in [-0.2, 0) is 0 Å². The van der Waals surface area contributed by atoms with E-state index in [9.17, 15) is 4.79 Å². The summed E-state index contributed by atoms with van der Waals surface area (Å²) in [6, 6.07) is -0.121. The van der Waals surface area contributed by atoms with Crippen LogP contribution in [-0.4, -0.2) is 28.8 Å². The summed E-state index contributed by atoms with van der Waals surface area (Å²) in [4.78, 5) is 28.2. The van der Waals surface area contributed by atoms with Crippen LogP contribution in [0.5, 0.6) is 0 Å². The quantitative estimate of drug-likeness (QED) is 0.782. The third-order valence-electron chi connectivity index (χ3n) is 5.79. The fraction of sp³-hybridized carbons (Fsp3) is 0.783. The van der Waals surface area contributed by atoms with Gasteiger partial charge in [-0.2, -0.15) is 0 Å². The average Bonchev–Trinajstić information content (AvgIpc) is 2.91. The first kappa shape index (κ1) is 21.1. The molecule has 5 heteroatoms. The SMILES string of the molecule is CC1N=C(C(C)(C)C)c2nc(N(CC3CCCCC3)CC(C)(C)C)[nH]c(=O)c21. The van der Waals surface area contributed by atoms with Crippen molar-refractivity contribution in [3.8, 4) is 0 Å². The molecule has 0 amide bonds. The van der Waals surface area contributed by atoms with Crippen LogP contribution < -0.4 is 10.5 Å². The van der Waals surface area contributed by atoms with Crippen LogP contribution in [0, 0.1) is 16.7 Å². The highest BCUT2D eigenvalue weighted by atomic mass is 16.1. The maximum absolute atomic E-state index is 13.0. The third-order valence-corrected chi connectivity index (χ3v) is 5.79. The van der Waals surface area contributed by atoms with Gasteiger partial charge in [0.15, 0.2) is 0 Å². The van der Waals surface area contributed by atoms with E-state index in [1.807, 2.05) is 6.92 Å². The molecule has 2 heterocycles. The maximum atomic E-state index is 13.0. The second-order valence-electron chi connectivity index (χ2n) is 11.0. The summed E-state index contributed by atoms with van der Waals surface area (Å²) in [6.45, 7) is 17.0. The molecule has 156 valence electrons. The van der Waals surface area contributed by atoms with Crippen LogP contribution in [0.1, 0.15) is 97.9 Å². The molecule has 1 N–H and O–H groups in total. The average molecular weight is 387 g/mol. The van der Waals surface area contributed by atoms with Crippen LogP contribution in [0.25, 0.3) is 0 Å². The molecular formula is C23H38N4O. The number of anilines is 1. The summed E-state index contributed by atoms with van der Waals surface area (Å²) in [5, 5.41) is 0. The highest BCUT2D eigenvalue weighted by Gasteiger charge is 2.35. The Morgan fingerprint density at radius 3 is 2.29 bits per heavy atom. The number of aromatic amines is 1. The highest BCUT2D eigenvalue weighted by molar-refractivity contribution is 6.06. The molecule has 5 nitrogen and oxygen atoms in total. The minimum absolute atomic E-state index is 0.0296. The van der Waals surface area contributed by atoms with Crippen molar-refractivity contribution in [2.24, 2.45) is 21.7 Å². The Labute approximate surface area is 170 Å². The minimum atomic E-state index is -0.129. The molecule has 1 aliphatic carbocycles. The molecule has 0 bridgehead atoms. The van der Waals surface area contributed by atoms with Gasteiger partial charge in [0.25, 0.3) is 5.56 Å². The maximum Gasteiger partial charge on any atom is 0.258 e. The monoisotopic (exact) mass is 386 g/mol. The second-order valence-corrected chi connectivity index (χ2v) is 11.0. The summed E-state index contributed by atoms with van der Waals surface area (Å²) in [6.07, 6.45) is 6.55. The Morgan fingerprint density at radius 1 is 1.07 bits per heavy atom. The molecule has 1 aromatic rings. The van der Waals surface area contributed by atoms with Crippen LogP contribution >= 0.6 is 0 Å². The van der Waals surface area contributed by atoms with E-state index in [0.717, 1.165) is 36.0 Å². The number of hydrogen-bond donors (Lipinski definition) is 1. The number of nitrogens with zero attached hydrogens (tertiary/aromatic N) is 3. The Hall–Kier alpha value is -1.65. The van der Waals surface area contributed by atoms with E-state index in [1.165, 1.54) is 32.1 Å². The lowest BCUT2D eigenvalue weighted by atomic mass is 9.87. The summed E-state index contributed by atoms with van der Waals surface area (Å²) < 4.78 is 0. The van der Waals surface area contributed by atoms with E-state index < -0.39 is 0 Å². The number of aromatic nitrogens is 2. The molecule has 1 saturated carbocycles. The lowest BCUT2D eigenvalue weighted by Gasteiger charge is -2.34. The van der Waals surface area contributed by atoms with Gasteiger partial charge in [0.05, 0.1) is 23.0 Å². The zero-order valence-electron chi connectivity index (χ0n) is 18.9. The first-order valence-corrected chi connectivity index (χ1v) is 10.9. The Morgan fingerprint density at radius 2 is 1.71 bits per heavy atom. The van der Waals surface area contributed by atoms with Crippen molar-refractivity contribution >= 4 is 11.7 Å². The van der Waals surface area contributed by atoms with Crippen molar-refractivity contribution in [2.45, 2.75) is 86.6 Å². The van der Waals surface area contributed by atoms with Gasteiger partial charge in [-0.05, 0) is 31.1 Å². The van der Waals surface area contributed by atoms with Crippen molar-refractivity contribution in [3.63, 3.8) is 0 Å². The zero-order chi connectivity index (χ0) is 20.7. The van der Waals surface area contributed by atoms with Crippen molar-refractivity contribution in [2.75, 3.05) is 18.0 Å². The molecule has 0 aromatic carbocycles. The Bertz CT molecular complexity index is 788. The van der Waals surface area contributed by atoms with E-state index >= 15 is 0 Å². The molecule has 1 aromatic heterocycles. The van der Waals surface area contributed by atoms with Crippen LogP contribution in [0.3, 0.4) is 0 Å². The van der Waals surface area contributed by atoms with Gasteiger partial charge in [0.1, 0.15) is 0 Å². The van der Waals surface area contributed by atoms with Crippen molar-refractivity contribution in [1.29, 1.82) is 0 Å². The molecule has 0 radical (unpaired) electrons. The molecule has 1 fully saturated rings. The van der Waals surface area contributed by atoms with E-state index in [-0.39, 0.29) is 22.4 Å². The molecule has 0 spiro atoms. The number of nitrogens with one attached hydrogen (secondary N) is 1.